The summed E-state index contributed by atoms with van der Waals surface area (Å²) < 4.78 is 12.1. The summed E-state index contributed by atoms with van der Waals surface area (Å²) in [6.45, 7) is 12.7. The van der Waals surface area contributed by atoms with E-state index in [0.717, 1.165) is 12.5 Å². The molecule has 3 rings (SSSR count). The topological polar surface area (TPSA) is 21.8 Å². The van der Waals surface area contributed by atoms with Gasteiger partial charge in [0.15, 0.2) is 0 Å². The molecule has 120 valence electrons. The zero-order valence-electron chi connectivity index (χ0n) is 14.7. The molecular weight excluding hydrogens is 260 g/mol. The van der Waals surface area contributed by atoms with Crippen LogP contribution >= 0.6 is 0 Å². The molecule has 0 aromatic heterocycles. The lowest BCUT2D eigenvalue weighted by Crippen LogP contribution is -2.58. The van der Waals surface area contributed by atoms with Crippen LogP contribution in [0.25, 0.3) is 0 Å². The van der Waals surface area contributed by atoms with E-state index in [1.807, 2.05) is 7.11 Å². The summed E-state index contributed by atoms with van der Waals surface area (Å²) in [5.41, 5.74) is 2.07. The molecule has 6 atom stereocenters. The van der Waals surface area contributed by atoms with Crippen LogP contribution in [0.2, 0.25) is 0 Å². The lowest BCUT2D eigenvalue weighted by molar-refractivity contribution is -0.145. The van der Waals surface area contributed by atoms with Crippen LogP contribution in [0.15, 0.2) is 11.6 Å². The summed E-state index contributed by atoms with van der Waals surface area (Å²) >= 11 is 0. The third-order valence-corrected chi connectivity index (χ3v) is 7.19. The summed E-state index contributed by atoms with van der Waals surface area (Å²) in [7, 11) is 1.90. The Morgan fingerprint density at radius 3 is 2.52 bits per heavy atom. The summed E-state index contributed by atoms with van der Waals surface area (Å²) in [4.78, 5) is 0. The molecule has 21 heavy (non-hydrogen) atoms. The van der Waals surface area contributed by atoms with Crippen LogP contribution in [0.1, 0.15) is 60.3 Å². The third kappa shape index (κ3) is 2.05. The lowest BCUT2D eigenvalue weighted by Gasteiger charge is -2.53. The maximum atomic E-state index is 6.08. The largest absolute Gasteiger partial charge is 0.380 e. The van der Waals surface area contributed by atoms with E-state index >= 15 is 0 Å². The molecule has 1 aliphatic heterocycles. The summed E-state index contributed by atoms with van der Waals surface area (Å²) in [5, 5.41) is 0. The third-order valence-electron chi connectivity index (χ3n) is 7.19. The molecule has 1 heterocycles. The SMILES string of the molecule is CO[C@@H]1[C@H](C)CCC2(CO2)[C@@]1(C)[C@@]1(C)C[C@@H]1CC=C(C)C. The van der Waals surface area contributed by atoms with Crippen molar-refractivity contribution >= 4 is 0 Å². The fourth-order valence-corrected chi connectivity index (χ4v) is 5.36. The van der Waals surface area contributed by atoms with Crippen molar-refractivity contribution in [3.63, 3.8) is 0 Å². The number of allylic oxidation sites excluding steroid dienone is 2. The van der Waals surface area contributed by atoms with Gasteiger partial charge in [0, 0.05) is 12.5 Å². The van der Waals surface area contributed by atoms with E-state index in [-0.39, 0.29) is 11.0 Å². The Bertz CT molecular complexity index is 446. The Kier molecular flexibility index (Phi) is 3.57. The van der Waals surface area contributed by atoms with Crippen molar-refractivity contribution in [2.45, 2.75) is 72.0 Å². The number of hydrogen-bond donors (Lipinski definition) is 0. The Hall–Kier alpha value is -0.340. The molecule has 2 heteroatoms. The van der Waals surface area contributed by atoms with E-state index in [1.165, 1.54) is 31.3 Å². The van der Waals surface area contributed by atoms with Crippen molar-refractivity contribution < 1.29 is 9.47 Å². The highest BCUT2D eigenvalue weighted by Crippen LogP contribution is 2.74. The first kappa shape index (κ1) is 15.6. The molecule has 0 amide bonds. The van der Waals surface area contributed by atoms with Gasteiger partial charge in [-0.3, -0.25) is 0 Å². The summed E-state index contributed by atoms with van der Waals surface area (Å²) in [6, 6.07) is 0. The molecule has 2 aliphatic carbocycles. The Labute approximate surface area is 130 Å². The minimum Gasteiger partial charge on any atom is -0.380 e. The van der Waals surface area contributed by atoms with Crippen LogP contribution in [0.5, 0.6) is 0 Å². The monoisotopic (exact) mass is 292 g/mol. The average Bonchev–Trinajstić information content (AvgIpc) is 3.31. The molecule has 0 bridgehead atoms. The maximum Gasteiger partial charge on any atom is 0.1000 e. The zero-order valence-corrected chi connectivity index (χ0v) is 14.7. The standard InChI is InChI=1S/C19H32O2/c1-13(2)7-8-15-11-17(15,4)18(5)16(20-6)14(3)9-10-19(18)12-21-19/h7,14-16H,8-12H2,1-6H3/t14-,15+,16-,17+,18-,19?/m1/s1. The number of epoxide rings is 1. The summed E-state index contributed by atoms with van der Waals surface area (Å²) in [5.74, 6) is 1.43. The van der Waals surface area contributed by atoms with E-state index in [1.54, 1.807) is 0 Å². The van der Waals surface area contributed by atoms with Crippen molar-refractivity contribution in [3.8, 4) is 0 Å². The Morgan fingerprint density at radius 1 is 1.33 bits per heavy atom. The van der Waals surface area contributed by atoms with Gasteiger partial charge in [-0.15, -0.1) is 0 Å². The summed E-state index contributed by atoms with van der Waals surface area (Å²) in [6.07, 6.45) is 7.74. The second kappa shape index (κ2) is 4.83. The number of rotatable bonds is 4. The van der Waals surface area contributed by atoms with Gasteiger partial charge in [0.2, 0.25) is 0 Å². The van der Waals surface area contributed by atoms with Gasteiger partial charge >= 0.3 is 0 Å². The van der Waals surface area contributed by atoms with Gasteiger partial charge < -0.3 is 9.47 Å². The fraction of sp³-hybridized carbons (Fsp3) is 0.895. The maximum absolute atomic E-state index is 6.08. The lowest BCUT2D eigenvalue weighted by atomic mass is 9.54. The van der Waals surface area contributed by atoms with Gasteiger partial charge in [0.05, 0.1) is 18.3 Å². The molecule has 0 radical (unpaired) electrons. The van der Waals surface area contributed by atoms with Gasteiger partial charge in [-0.2, -0.15) is 0 Å². The average molecular weight is 292 g/mol. The van der Waals surface area contributed by atoms with E-state index < -0.39 is 0 Å². The van der Waals surface area contributed by atoms with E-state index in [2.05, 4.69) is 40.7 Å². The second-order valence-corrected chi connectivity index (χ2v) is 8.49. The zero-order chi connectivity index (χ0) is 15.5. The molecular formula is C19H32O2. The second-order valence-electron chi connectivity index (χ2n) is 8.49. The molecule has 0 N–H and O–H groups in total. The molecule has 1 unspecified atom stereocenters. The molecule has 0 aromatic carbocycles. The first-order valence-electron chi connectivity index (χ1n) is 8.61. The van der Waals surface area contributed by atoms with Gasteiger partial charge in [0.25, 0.3) is 0 Å². The van der Waals surface area contributed by atoms with Crippen molar-refractivity contribution in [2.75, 3.05) is 13.7 Å². The van der Waals surface area contributed by atoms with Crippen LogP contribution in [0.4, 0.5) is 0 Å². The van der Waals surface area contributed by atoms with Crippen molar-refractivity contribution in [2.24, 2.45) is 22.7 Å². The van der Waals surface area contributed by atoms with Gasteiger partial charge in [-0.05, 0) is 56.8 Å². The fourth-order valence-electron chi connectivity index (χ4n) is 5.36. The minimum absolute atomic E-state index is 0.106. The van der Waals surface area contributed by atoms with E-state index in [0.29, 0.717) is 17.4 Å². The molecule has 3 fully saturated rings. The first-order chi connectivity index (χ1) is 9.81. The van der Waals surface area contributed by atoms with E-state index in [9.17, 15) is 0 Å². The number of hydrogen-bond acceptors (Lipinski definition) is 2. The molecule has 2 saturated carbocycles. The predicted octanol–water partition coefficient (Wildman–Crippen LogP) is 4.59. The van der Waals surface area contributed by atoms with Crippen molar-refractivity contribution in [1.82, 2.24) is 0 Å². The van der Waals surface area contributed by atoms with Crippen molar-refractivity contribution in [1.29, 1.82) is 0 Å². The highest BCUT2D eigenvalue weighted by Gasteiger charge is 2.76. The minimum atomic E-state index is 0.106. The molecule has 0 aromatic rings. The van der Waals surface area contributed by atoms with Crippen molar-refractivity contribution in [3.05, 3.63) is 11.6 Å². The molecule has 1 saturated heterocycles. The first-order valence-corrected chi connectivity index (χ1v) is 8.61. The normalized spacial score (nSPS) is 51.8. The molecule has 2 nitrogen and oxygen atoms in total. The highest BCUT2D eigenvalue weighted by atomic mass is 16.6. The van der Waals surface area contributed by atoms with E-state index in [4.69, 9.17) is 9.47 Å². The van der Waals surface area contributed by atoms with Gasteiger partial charge in [0.1, 0.15) is 0 Å². The smallest absolute Gasteiger partial charge is 0.1000 e. The molecule has 3 aliphatic rings. The van der Waals surface area contributed by atoms with Crippen LogP contribution in [-0.4, -0.2) is 25.4 Å². The number of methoxy groups -OCH3 is 1. The predicted molar refractivity (Wildman–Crippen MR) is 86.2 cm³/mol. The molecule has 1 spiro atoms. The van der Waals surface area contributed by atoms with Crippen LogP contribution < -0.4 is 0 Å². The number of ether oxygens (including phenoxy) is 2. The highest BCUT2D eigenvalue weighted by molar-refractivity contribution is 5.25. The van der Waals surface area contributed by atoms with Crippen LogP contribution in [0.3, 0.4) is 0 Å². The van der Waals surface area contributed by atoms with Gasteiger partial charge in [-0.25, -0.2) is 0 Å². The Morgan fingerprint density at radius 2 is 2.00 bits per heavy atom. The van der Waals surface area contributed by atoms with Crippen LogP contribution in [-0.2, 0) is 9.47 Å². The van der Waals surface area contributed by atoms with Gasteiger partial charge in [-0.1, -0.05) is 32.4 Å². The van der Waals surface area contributed by atoms with Crippen LogP contribution in [0, 0.1) is 22.7 Å². The quantitative estimate of drug-likeness (QED) is 0.558. The Balaban J connectivity index is 1.88.